The second-order valence-electron chi connectivity index (χ2n) is 9.06. The number of para-hydroxylation sites is 1. The fourth-order valence-electron chi connectivity index (χ4n) is 4.22. The van der Waals surface area contributed by atoms with Crippen LogP contribution >= 0.6 is 0 Å². The van der Waals surface area contributed by atoms with Gasteiger partial charge in [-0.2, -0.15) is 0 Å². The molecular weight excluding hydrogens is 542 g/mol. The van der Waals surface area contributed by atoms with Crippen molar-refractivity contribution in [1.29, 1.82) is 0 Å². The molecule has 0 spiro atoms. The Morgan fingerprint density at radius 1 is 0.805 bits per heavy atom. The van der Waals surface area contributed by atoms with Crippen molar-refractivity contribution >= 4 is 33.2 Å². The number of benzene rings is 4. The van der Waals surface area contributed by atoms with Crippen molar-refractivity contribution < 1.29 is 27.5 Å². The molecule has 2 amide bonds. The molecule has 212 valence electrons. The molecule has 10 heteroatoms. The van der Waals surface area contributed by atoms with E-state index in [-0.39, 0.29) is 33.8 Å². The number of sulfonamides is 1. The number of nitrogens with zero attached hydrogens (tertiary/aromatic N) is 1. The largest absolute Gasteiger partial charge is 0.493 e. The van der Waals surface area contributed by atoms with Crippen LogP contribution in [0.1, 0.15) is 28.9 Å². The zero-order chi connectivity index (χ0) is 29.4. The fraction of sp³-hybridized carbons (Fsp3) is 0.161. The second-order valence-corrected chi connectivity index (χ2v) is 10.9. The number of rotatable bonds is 11. The summed E-state index contributed by atoms with van der Waals surface area (Å²) in [6, 6.07) is 28.2. The summed E-state index contributed by atoms with van der Waals surface area (Å²) in [7, 11) is -1.26. The van der Waals surface area contributed by atoms with Gasteiger partial charge in [0.2, 0.25) is 5.91 Å². The van der Waals surface area contributed by atoms with Crippen molar-refractivity contribution in [2.24, 2.45) is 0 Å². The van der Waals surface area contributed by atoms with E-state index in [1.165, 1.54) is 38.5 Å². The van der Waals surface area contributed by atoms with E-state index < -0.39 is 22.5 Å². The molecule has 4 rings (SSSR count). The molecule has 0 saturated heterocycles. The molecule has 0 heterocycles. The quantitative estimate of drug-likeness (QED) is 0.260. The molecule has 0 unspecified atom stereocenters. The molecule has 0 aliphatic carbocycles. The van der Waals surface area contributed by atoms with Crippen LogP contribution in [0.5, 0.6) is 11.5 Å². The Bertz CT molecular complexity index is 1610. The van der Waals surface area contributed by atoms with E-state index in [9.17, 15) is 18.0 Å². The number of hydrogen-bond acceptors (Lipinski definition) is 6. The van der Waals surface area contributed by atoms with Gasteiger partial charge in [-0.15, -0.1) is 0 Å². The molecule has 1 atom stereocenters. The zero-order valence-electron chi connectivity index (χ0n) is 22.9. The maximum atomic E-state index is 13.7. The minimum Gasteiger partial charge on any atom is -0.493 e. The van der Waals surface area contributed by atoms with Gasteiger partial charge in [-0.25, -0.2) is 8.42 Å². The summed E-state index contributed by atoms with van der Waals surface area (Å²) in [5.41, 5.74) is 1.62. The van der Waals surface area contributed by atoms with Crippen LogP contribution in [0.15, 0.2) is 108 Å². The summed E-state index contributed by atoms with van der Waals surface area (Å²) >= 11 is 0. The first-order valence-corrected chi connectivity index (χ1v) is 14.2. The average Bonchev–Trinajstić information content (AvgIpc) is 3.00. The highest BCUT2D eigenvalue weighted by atomic mass is 32.2. The van der Waals surface area contributed by atoms with Crippen LogP contribution < -0.4 is 24.4 Å². The topological polar surface area (TPSA) is 114 Å². The Labute approximate surface area is 239 Å². The molecule has 0 aliphatic heterocycles. The minimum absolute atomic E-state index is 0.0114. The Morgan fingerprint density at radius 3 is 2.07 bits per heavy atom. The smallest absolute Gasteiger partial charge is 0.264 e. The predicted molar refractivity (Wildman–Crippen MR) is 158 cm³/mol. The molecule has 0 aromatic heterocycles. The van der Waals surface area contributed by atoms with Gasteiger partial charge in [0.25, 0.3) is 15.9 Å². The molecular formula is C31H31N3O6S. The number of carbonyl (C=O) groups excluding carboxylic acids is 2. The molecule has 0 saturated carbocycles. The molecule has 2 N–H and O–H groups in total. The van der Waals surface area contributed by atoms with Gasteiger partial charge in [-0.05, 0) is 48.9 Å². The number of nitrogens with one attached hydrogen (secondary N) is 2. The third kappa shape index (κ3) is 6.85. The zero-order valence-corrected chi connectivity index (χ0v) is 23.7. The second kappa shape index (κ2) is 13.0. The minimum atomic E-state index is -4.16. The van der Waals surface area contributed by atoms with Crippen molar-refractivity contribution in [3.8, 4) is 11.5 Å². The van der Waals surface area contributed by atoms with E-state index in [1.54, 1.807) is 48.5 Å². The molecule has 0 radical (unpaired) electrons. The SMILES string of the molecule is COc1ccc(N(CC(=O)Nc2ccccc2C(=O)N[C@@H](C)c2ccccc2)S(=O)(=O)c2ccccc2)cc1OC. The standard InChI is InChI=1S/C31H31N3O6S/c1-22(23-12-6-4-7-13-23)32-31(36)26-16-10-11-17-27(26)33-30(35)21-34(41(37,38)25-14-8-5-9-15-25)24-18-19-28(39-2)29(20-24)40-3/h4-20,22H,21H2,1-3H3,(H,32,36)(H,33,35)/t22-/m0/s1. The van der Waals surface area contributed by atoms with E-state index in [1.807, 2.05) is 37.3 Å². The normalized spacial score (nSPS) is 11.7. The lowest BCUT2D eigenvalue weighted by atomic mass is 10.1. The monoisotopic (exact) mass is 573 g/mol. The highest BCUT2D eigenvalue weighted by molar-refractivity contribution is 7.92. The molecule has 41 heavy (non-hydrogen) atoms. The summed E-state index contributed by atoms with van der Waals surface area (Å²) in [5.74, 6) is -0.322. The van der Waals surface area contributed by atoms with Crippen molar-refractivity contribution in [3.63, 3.8) is 0 Å². The number of methoxy groups -OCH3 is 2. The summed E-state index contributed by atoms with van der Waals surface area (Å²) in [6.45, 7) is 1.30. The van der Waals surface area contributed by atoms with Gasteiger partial charge in [-0.1, -0.05) is 60.7 Å². The van der Waals surface area contributed by atoms with Gasteiger partial charge in [0.1, 0.15) is 6.54 Å². The van der Waals surface area contributed by atoms with Crippen LogP contribution in [-0.4, -0.2) is 41.0 Å². The van der Waals surface area contributed by atoms with E-state index in [0.29, 0.717) is 11.5 Å². The molecule has 4 aromatic rings. The third-order valence-electron chi connectivity index (χ3n) is 6.37. The van der Waals surface area contributed by atoms with Crippen LogP contribution in [0.2, 0.25) is 0 Å². The Morgan fingerprint density at radius 2 is 1.41 bits per heavy atom. The first kappa shape index (κ1) is 29.2. The van der Waals surface area contributed by atoms with Crippen LogP contribution in [0.4, 0.5) is 11.4 Å². The van der Waals surface area contributed by atoms with Crippen LogP contribution in [0, 0.1) is 0 Å². The lowest BCUT2D eigenvalue weighted by Crippen LogP contribution is -2.38. The van der Waals surface area contributed by atoms with Crippen molar-refractivity contribution in [3.05, 3.63) is 114 Å². The maximum absolute atomic E-state index is 13.7. The highest BCUT2D eigenvalue weighted by Crippen LogP contribution is 2.34. The van der Waals surface area contributed by atoms with Gasteiger partial charge < -0.3 is 20.1 Å². The summed E-state index contributed by atoms with van der Waals surface area (Å²) < 4.78 is 39.1. The van der Waals surface area contributed by atoms with Gasteiger partial charge in [0, 0.05) is 6.07 Å². The van der Waals surface area contributed by atoms with Gasteiger partial charge in [-0.3, -0.25) is 13.9 Å². The first-order chi connectivity index (χ1) is 19.7. The summed E-state index contributed by atoms with van der Waals surface area (Å²) in [4.78, 5) is 26.5. The summed E-state index contributed by atoms with van der Waals surface area (Å²) in [5, 5.41) is 5.66. The van der Waals surface area contributed by atoms with Gasteiger partial charge in [0.05, 0.1) is 42.1 Å². The lowest BCUT2D eigenvalue weighted by Gasteiger charge is -2.25. The Kier molecular flexibility index (Phi) is 9.26. The molecule has 0 aliphatic rings. The van der Waals surface area contributed by atoms with Crippen LogP contribution in [0.3, 0.4) is 0 Å². The number of ether oxygens (including phenoxy) is 2. The highest BCUT2D eigenvalue weighted by Gasteiger charge is 2.28. The molecule has 0 bridgehead atoms. The van der Waals surface area contributed by atoms with E-state index in [4.69, 9.17) is 9.47 Å². The maximum Gasteiger partial charge on any atom is 0.264 e. The van der Waals surface area contributed by atoms with Crippen molar-refractivity contribution in [2.75, 3.05) is 30.4 Å². The Hall–Kier alpha value is -4.83. The van der Waals surface area contributed by atoms with Crippen LogP contribution in [-0.2, 0) is 14.8 Å². The lowest BCUT2D eigenvalue weighted by molar-refractivity contribution is -0.114. The van der Waals surface area contributed by atoms with Crippen molar-refractivity contribution in [2.45, 2.75) is 17.9 Å². The van der Waals surface area contributed by atoms with Crippen molar-refractivity contribution in [1.82, 2.24) is 5.32 Å². The number of amides is 2. The van der Waals surface area contributed by atoms with E-state index >= 15 is 0 Å². The van der Waals surface area contributed by atoms with Crippen LogP contribution in [0.25, 0.3) is 0 Å². The average molecular weight is 574 g/mol. The van der Waals surface area contributed by atoms with E-state index in [0.717, 1.165) is 9.87 Å². The van der Waals surface area contributed by atoms with Gasteiger partial charge in [0.15, 0.2) is 11.5 Å². The molecule has 9 nitrogen and oxygen atoms in total. The molecule has 4 aromatic carbocycles. The predicted octanol–water partition coefficient (Wildman–Crippen LogP) is 5.03. The number of anilines is 2. The fourth-order valence-corrected chi connectivity index (χ4v) is 5.66. The first-order valence-electron chi connectivity index (χ1n) is 12.8. The third-order valence-corrected chi connectivity index (χ3v) is 8.15. The number of carbonyl (C=O) groups is 2. The number of hydrogen-bond donors (Lipinski definition) is 2. The van der Waals surface area contributed by atoms with Gasteiger partial charge >= 0.3 is 0 Å². The van der Waals surface area contributed by atoms with E-state index in [2.05, 4.69) is 10.6 Å². The summed E-state index contributed by atoms with van der Waals surface area (Å²) in [6.07, 6.45) is 0. The Balaban J connectivity index is 1.61. The molecule has 0 fully saturated rings.